The number of alkyl halides is 3. The van der Waals surface area contributed by atoms with E-state index < -0.39 is 52.7 Å². The molecule has 4 heterocycles. The van der Waals surface area contributed by atoms with E-state index in [0.29, 0.717) is 68.1 Å². The number of nitrogens with one attached hydrogen (secondary N) is 1. The first-order valence-electron chi connectivity index (χ1n) is 27.4. The molecule has 3 atom stereocenters. The van der Waals surface area contributed by atoms with Crippen LogP contribution < -0.4 is 19.5 Å². The summed E-state index contributed by atoms with van der Waals surface area (Å²) >= 11 is 2.24. The number of amides is 5. The number of likely N-dealkylation sites (tertiary alicyclic amines) is 1. The van der Waals surface area contributed by atoms with E-state index in [-0.39, 0.29) is 105 Å². The van der Waals surface area contributed by atoms with Crippen molar-refractivity contribution < 1.29 is 80.1 Å². The molecule has 20 nitrogen and oxygen atoms in total. The van der Waals surface area contributed by atoms with Gasteiger partial charge in [0.25, 0.3) is 17.1 Å². The minimum Gasteiger partial charge on any atom is -0.493 e. The van der Waals surface area contributed by atoms with Crippen molar-refractivity contribution in [3.63, 3.8) is 0 Å². The maximum Gasteiger partial charge on any atom is 0.418 e. The molecule has 5 amide bonds. The minimum absolute atomic E-state index is 0.00292. The molecule has 85 heavy (non-hydrogen) atoms. The molecule has 2 N–H and O–H groups in total. The van der Waals surface area contributed by atoms with Crippen molar-refractivity contribution in [1.82, 2.24) is 25.0 Å². The van der Waals surface area contributed by atoms with E-state index in [1.165, 1.54) is 53.7 Å². The summed E-state index contributed by atoms with van der Waals surface area (Å²) in [6.07, 6.45) is -4.16. The quantitative estimate of drug-likeness (QED) is 0.0249. The van der Waals surface area contributed by atoms with Crippen molar-refractivity contribution in [2.75, 3.05) is 92.9 Å². The number of hydrogen-bond donors (Lipinski definition) is 2. The fraction of sp³-hybridized carbons (Fsp3) is 0.417. The summed E-state index contributed by atoms with van der Waals surface area (Å²) in [5, 5.41) is 13.2. The summed E-state index contributed by atoms with van der Waals surface area (Å²) in [6, 6.07) is 18.5. The Balaban J connectivity index is 0.684. The smallest absolute Gasteiger partial charge is 0.418 e. The number of hydrogen-bond acceptors (Lipinski definition) is 17. The van der Waals surface area contributed by atoms with Gasteiger partial charge in [0, 0.05) is 37.2 Å². The molecule has 0 aliphatic carbocycles. The molecule has 25 heteroatoms. The second kappa shape index (κ2) is 30.1. The predicted octanol–water partition coefficient (Wildman–Crippen LogP) is 8.95. The maximum absolute atomic E-state index is 14.2. The highest BCUT2D eigenvalue weighted by Crippen LogP contribution is 2.43. The highest BCUT2D eigenvalue weighted by Gasteiger charge is 2.46. The number of methoxy groups -OCH3 is 1. The lowest BCUT2D eigenvalue weighted by atomic mass is 10.0. The topological polar surface area (TPSA) is 218 Å². The predicted molar refractivity (Wildman–Crippen MR) is 308 cm³/mol. The average molecular weight is 1220 g/mol. The largest absolute Gasteiger partial charge is 0.493 e. The van der Waals surface area contributed by atoms with E-state index in [1.807, 2.05) is 51.1 Å². The summed E-state index contributed by atoms with van der Waals surface area (Å²) in [6.45, 7) is 15.9. The Bertz CT molecular complexity index is 3260. The van der Waals surface area contributed by atoms with Gasteiger partial charge in [-0.2, -0.15) is 13.2 Å². The van der Waals surface area contributed by atoms with E-state index in [0.717, 1.165) is 44.4 Å². The summed E-state index contributed by atoms with van der Waals surface area (Å²) in [5.41, 5.74) is 4.74. The number of ether oxygens (including phenoxy) is 8. The molecule has 0 saturated carbocycles. The Labute approximate surface area is 497 Å². The van der Waals surface area contributed by atoms with Gasteiger partial charge >= 0.3 is 6.18 Å². The standard InChI is InChI=1S/C60H65F3N6O14S2/c1-37(2)53(69-34-42-8-6-7-9-45(42)56(69)72)58(74)68-35-44(70)32-47(68)55(71)65-33-41-12-11-40(54-38(3)66-36-84-54)30-50(41)82-27-26-81-25-24-80-23-22-79-21-20-78-19-18-77-17-16-67-57(73)52(85-59(67)75)29-39-10-14-49(51(28-39)76-5)83-48-15-13-43(64-4)31-46(48)60(61,62)63/h6-15,28-31,36-37,44,47,53,70H,16-27,32-35H2,1-3,5H3,(H,65,71)/b52-29-/t44-,47+,53+/m1/s1. The molecular weight excluding hydrogens is 1150 g/mol. The van der Waals surface area contributed by atoms with Gasteiger partial charge in [0.1, 0.15) is 30.2 Å². The van der Waals surface area contributed by atoms with Crippen LogP contribution in [0, 0.1) is 19.4 Å². The molecule has 4 aromatic carbocycles. The molecule has 0 radical (unpaired) electrons. The van der Waals surface area contributed by atoms with Crippen LogP contribution in [0.5, 0.6) is 23.0 Å². The zero-order valence-electron chi connectivity index (χ0n) is 47.2. The van der Waals surface area contributed by atoms with Crippen LogP contribution in [0.4, 0.5) is 23.7 Å². The number of carbonyl (C=O) groups is 5. The van der Waals surface area contributed by atoms with Crippen LogP contribution in [0.25, 0.3) is 21.4 Å². The fourth-order valence-electron chi connectivity index (χ4n) is 9.68. The van der Waals surface area contributed by atoms with Crippen molar-refractivity contribution in [3.05, 3.63) is 134 Å². The number of carbonyl (C=O) groups excluding carboxylic acids is 5. The van der Waals surface area contributed by atoms with E-state index in [4.69, 9.17) is 44.5 Å². The zero-order chi connectivity index (χ0) is 60.6. The first-order valence-corrected chi connectivity index (χ1v) is 29.0. The lowest BCUT2D eigenvalue weighted by Crippen LogP contribution is -2.55. The summed E-state index contributed by atoms with van der Waals surface area (Å²) in [7, 11) is 1.30. The Morgan fingerprint density at radius 3 is 2.14 bits per heavy atom. The molecule has 0 spiro atoms. The van der Waals surface area contributed by atoms with Gasteiger partial charge in [0.2, 0.25) is 11.8 Å². The van der Waals surface area contributed by atoms with Crippen LogP contribution in [-0.4, -0.2) is 165 Å². The number of aliphatic hydroxyl groups is 1. The third-order valence-corrected chi connectivity index (χ3v) is 15.8. The number of aromatic nitrogens is 1. The van der Waals surface area contributed by atoms with Gasteiger partial charge < -0.3 is 58.1 Å². The van der Waals surface area contributed by atoms with Gasteiger partial charge in [-0.15, -0.1) is 11.3 Å². The molecular formula is C60H65F3N6O14S2. The van der Waals surface area contributed by atoms with Gasteiger partial charge in [-0.3, -0.25) is 28.9 Å². The molecule has 452 valence electrons. The van der Waals surface area contributed by atoms with Crippen LogP contribution in [0.1, 0.15) is 58.6 Å². The number of β-amino-alcohol motifs (C(OH)–C–C–N with tert-alkyl or cyclic N) is 1. The second-order valence-electron chi connectivity index (χ2n) is 20.0. The highest BCUT2D eigenvalue weighted by atomic mass is 32.2. The van der Waals surface area contributed by atoms with E-state index >= 15 is 0 Å². The molecule has 0 bridgehead atoms. The number of halogens is 3. The van der Waals surface area contributed by atoms with Crippen molar-refractivity contribution in [1.29, 1.82) is 0 Å². The van der Waals surface area contributed by atoms with Crippen LogP contribution in [0.15, 0.2) is 89.3 Å². The number of rotatable bonds is 30. The van der Waals surface area contributed by atoms with Crippen LogP contribution >= 0.6 is 23.1 Å². The maximum atomic E-state index is 14.2. The number of imide groups is 1. The van der Waals surface area contributed by atoms with Gasteiger partial charge in [0.05, 0.1) is 119 Å². The summed E-state index contributed by atoms with van der Waals surface area (Å²) in [5.74, 6) is -1.78. The third kappa shape index (κ3) is 16.5. The van der Waals surface area contributed by atoms with Crippen LogP contribution in [0.3, 0.4) is 0 Å². The number of fused-ring (bicyclic) bond motifs is 1. The molecule has 0 unspecified atom stereocenters. The first kappa shape index (κ1) is 63.6. The summed E-state index contributed by atoms with van der Waals surface area (Å²) < 4.78 is 86.4. The van der Waals surface area contributed by atoms with E-state index in [2.05, 4.69) is 15.1 Å². The SMILES string of the molecule is [C-]#[N+]c1ccc(Oc2ccc(/C=C3\SC(=O)N(CCOCCOCCOCCOCCOCCOc4cc(-c5scnc5C)ccc4CNC(=O)[C@@H]4C[C@@H](O)CN4C(=O)[C@H](C(C)C)N4Cc5ccccc5C4=O)C3=O)cc2OC)c(C(F)(F)F)c1. The van der Waals surface area contributed by atoms with Crippen molar-refractivity contribution in [3.8, 4) is 33.4 Å². The lowest BCUT2D eigenvalue weighted by molar-refractivity contribution is -0.143. The first-order chi connectivity index (χ1) is 40.9. The molecule has 2 saturated heterocycles. The number of thiazole rings is 1. The Morgan fingerprint density at radius 2 is 1.51 bits per heavy atom. The van der Waals surface area contributed by atoms with Gasteiger partial charge in [-0.25, -0.2) is 9.83 Å². The average Bonchev–Trinajstić information content (AvgIpc) is 2.79. The number of aliphatic hydroxyl groups excluding tert-OH is 1. The monoisotopic (exact) mass is 1210 g/mol. The molecule has 8 rings (SSSR count). The molecule has 3 aliphatic rings. The van der Waals surface area contributed by atoms with Crippen molar-refractivity contribution in [2.24, 2.45) is 5.92 Å². The highest BCUT2D eigenvalue weighted by molar-refractivity contribution is 8.18. The van der Waals surface area contributed by atoms with E-state index in [9.17, 15) is 42.3 Å². The molecule has 2 fully saturated rings. The zero-order valence-corrected chi connectivity index (χ0v) is 48.9. The van der Waals surface area contributed by atoms with Gasteiger partial charge in [-0.1, -0.05) is 56.3 Å². The number of aryl methyl sites for hydroxylation is 1. The van der Waals surface area contributed by atoms with Crippen molar-refractivity contribution >= 4 is 63.7 Å². The number of thioether (sulfide) groups is 1. The minimum atomic E-state index is -4.78. The Morgan fingerprint density at radius 1 is 0.835 bits per heavy atom. The normalized spacial score (nSPS) is 16.8. The van der Waals surface area contributed by atoms with Crippen molar-refractivity contribution in [2.45, 2.75) is 64.6 Å². The molecule has 5 aromatic rings. The van der Waals surface area contributed by atoms with Gasteiger partial charge in [0.15, 0.2) is 17.2 Å². The third-order valence-electron chi connectivity index (χ3n) is 13.9. The Hall–Kier alpha value is -7.41. The molecule has 1 aromatic heterocycles. The number of nitrogens with zero attached hydrogens (tertiary/aromatic N) is 5. The van der Waals surface area contributed by atoms with Gasteiger partial charge in [-0.05, 0) is 83.8 Å². The molecule has 3 aliphatic heterocycles. The lowest BCUT2D eigenvalue weighted by Gasteiger charge is -2.35. The number of benzene rings is 4. The second-order valence-corrected chi connectivity index (χ2v) is 21.9. The summed E-state index contributed by atoms with van der Waals surface area (Å²) in [4.78, 5) is 80.0. The Kier molecular flexibility index (Phi) is 22.5. The van der Waals surface area contributed by atoms with Crippen LogP contribution in [-0.2, 0) is 57.3 Å². The van der Waals surface area contributed by atoms with Crippen LogP contribution in [0.2, 0.25) is 0 Å². The van der Waals surface area contributed by atoms with E-state index in [1.54, 1.807) is 22.5 Å². The fourth-order valence-corrected chi connectivity index (χ4v) is 11.3.